The largest absolute Gasteiger partial charge is 0.452 e. The molecule has 0 fully saturated rings. The van der Waals surface area contributed by atoms with Crippen molar-refractivity contribution in [3.63, 3.8) is 0 Å². The van der Waals surface area contributed by atoms with E-state index in [1.165, 1.54) is 0 Å². The Morgan fingerprint density at radius 3 is 2.62 bits per heavy atom. The number of amides is 1. The summed E-state index contributed by atoms with van der Waals surface area (Å²) in [5.74, 6) is -1.16. The fourth-order valence-electron chi connectivity index (χ4n) is 3.36. The number of esters is 1. The second-order valence-corrected chi connectivity index (χ2v) is 7.75. The molecule has 2 heterocycles. The normalized spacial score (nSPS) is 10.8. The zero-order valence-electron chi connectivity index (χ0n) is 17.6. The van der Waals surface area contributed by atoms with Gasteiger partial charge in [-0.25, -0.2) is 9.48 Å². The number of halogens is 1. The third-order valence-corrected chi connectivity index (χ3v) is 5.36. The molecule has 0 unspecified atom stereocenters. The van der Waals surface area contributed by atoms with Crippen LogP contribution in [0.2, 0.25) is 5.15 Å². The lowest BCUT2D eigenvalue weighted by molar-refractivity contribution is -0.119. The number of hydrogen-bond donors (Lipinski definition) is 1. The van der Waals surface area contributed by atoms with Crippen molar-refractivity contribution in [3.8, 4) is 0 Å². The van der Waals surface area contributed by atoms with Crippen LogP contribution in [-0.2, 0) is 16.1 Å². The number of aromatic nitrogens is 3. The minimum atomic E-state index is -0.697. The van der Waals surface area contributed by atoms with Crippen molar-refractivity contribution in [2.24, 2.45) is 0 Å². The molecular weight excluding hydrogens is 428 g/mol. The molecule has 1 N–H and O–H groups in total. The molecule has 0 atom stereocenters. The lowest BCUT2D eigenvalue weighted by Gasteiger charge is -2.09. The third kappa shape index (κ3) is 4.63. The van der Waals surface area contributed by atoms with Crippen molar-refractivity contribution in [2.45, 2.75) is 20.4 Å². The van der Waals surface area contributed by atoms with Crippen LogP contribution in [-0.4, -0.2) is 33.2 Å². The topological polar surface area (TPSA) is 86.1 Å². The molecule has 4 aromatic rings. The highest BCUT2D eigenvalue weighted by Gasteiger charge is 2.22. The summed E-state index contributed by atoms with van der Waals surface area (Å²) in [7, 11) is 0. The predicted molar refractivity (Wildman–Crippen MR) is 123 cm³/mol. The van der Waals surface area contributed by atoms with Gasteiger partial charge in [-0.3, -0.25) is 9.78 Å². The van der Waals surface area contributed by atoms with Crippen LogP contribution >= 0.6 is 11.6 Å². The van der Waals surface area contributed by atoms with Gasteiger partial charge in [0.15, 0.2) is 6.61 Å². The van der Waals surface area contributed by atoms with Crippen LogP contribution in [0.4, 0.5) is 5.69 Å². The van der Waals surface area contributed by atoms with Crippen molar-refractivity contribution in [3.05, 3.63) is 88.3 Å². The Hall–Kier alpha value is -3.71. The number of carbonyl (C=O) groups is 2. The third-order valence-electron chi connectivity index (χ3n) is 4.98. The molecule has 2 aromatic heterocycles. The molecule has 4 rings (SSSR count). The Morgan fingerprint density at radius 2 is 1.84 bits per heavy atom. The van der Waals surface area contributed by atoms with Crippen molar-refractivity contribution in [1.29, 1.82) is 0 Å². The van der Waals surface area contributed by atoms with Crippen LogP contribution in [0.5, 0.6) is 0 Å². The first-order valence-corrected chi connectivity index (χ1v) is 10.4. The number of hydrogen-bond acceptors (Lipinski definition) is 5. The second kappa shape index (κ2) is 9.20. The number of nitrogens with one attached hydrogen (secondary N) is 1. The zero-order chi connectivity index (χ0) is 22.7. The molecule has 0 radical (unpaired) electrons. The summed E-state index contributed by atoms with van der Waals surface area (Å²) in [5.41, 5.74) is 4.10. The van der Waals surface area contributed by atoms with Crippen LogP contribution in [0.1, 0.15) is 27.2 Å². The van der Waals surface area contributed by atoms with Gasteiger partial charge in [0.2, 0.25) is 0 Å². The van der Waals surface area contributed by atoms with Crippen molar-refractivity contribution < 1.29 is 14.3 Å². The Labute approximate surface area is 190 Å². The molecule has 0 bridgehead atoms. The molecule has 0 saturated carbocycles. The maximum Gasteiger partial charge on any atom is 0.343 e. The van der Waals surface area contributed by atoms with E-state index in [2.05, 4.69) is 15.4 Å². The average molecular weight is 449 g/mol. The van der Waals surface area contributed by atoms with Gasteiger partial charge in [0.1, 0.15) is 10.7 Å². The lowest BCUT2D eigenvalue weighted by atomic mass is 10.1. The molecule has 0 spiro atoms. The van der Waals surface area contributed by atoms with Gasteiger partial charge in [-0.1, -0.05) is 47.5 Å². The highest BCUT2D eigenvalue weighted by Crippen LogP contribution is 2.23. The van der Waals surface area contributed by atoms with Gasteiger partial charge in [0, 0.05) is 11.6 Å². The van der Waals surface area contributed by atoms with E-state index in [-0.39, 0.29) is 10.7 Å². The van der Waals surface area contributed by atoms with Gasteiger partial charge in [-0.15, -0.1) is 0 Å². The molecule has 0 aliphatic heterocycles. The maximum atomic E-state index is 12.6. The number of pyridine rings is 1. The van der Waals surface area contributed by atoms with E-state index in [0.29, 0.717) is 17.9 Å². The fourth-order valence-corrected chi connectivity index (χ4v) is 3.67. The number of rotatable bonds is 6. The Balaban J connectivity index is 1.42. The summed E-state index contributed by atoms with van der Waals surface area (Å²) < 4.78 is 6.75. The fraction of sp³-hybridized carbons (Fsp3) is 0.167. The second-order valence-electron chi connectivity index (χ2n) is 7.39. The van der Waals surface area contributed by atoms with Gasteiger partial charge < -0.3 is 10.1 Å². The van der Waals surface area contributed by atoms with Gasteiger partial charge in [-0.05, 0) is 43.7 Å². The minimum absolute atomic E-state index is 0.154. The summed E-state index contributed by atoms with van der Waals surface area (Å²) in [4.78, 5) is 29.2. The smallest absolute Gasteiger partial charge is 0.343 e. The van der Waals surface area contributed by atoms with E-state index in [1.807, 2.05) is 43.3 Å². The first-order valence-electron chi connectivity index (χ1n) is 10.0. The van der Waals surface area contributed by atoms with Crippen LogP contribution in [0.25, 0.3) is 10.9 Å². The molecule has 2 aromatic carbocycles. The zero-order valence-corrected chi connectivity index (χ0v) is 18.4. The van der Waals surface area contributed by atoms with Crippen LogP contribution in [0.15, 0.2) is 60.8 Å². The maximum absolute atomic E-state index is 12.6. The van der Waals surface area contributed by atoms with Gasteiger partial charge in [0.25, 0.3) is 5.91 Å². The van der Waals surface area contributed by atoms with E-state index in [0.717, 1.165) is 22.0 Å². The number of fused-ring (bicyclic) bond motifs is 1. The van der Waals surface area contributed by atoms with Crippen molar-refractivity contribution in [1.82, 2.24) is 14.8 Å². The molecule has 0 saturated heterocycles. The lowest BCUT2D eigenvalue weighted by Crippen LogP contribution is -2.21. The quantitative estimate of drug-likeness (QED) is 0.437. The minimum Gasteiger partial charge on any atom is -0.452 e. The van der Waals surface area contributed by atoms with Gasteiger partial charge >= 0.3 is 5.97 Å². The van der Waals surface area contributed by atoms with Gasteiger partial charge in [0.05, 0.1) is 23.4 Å². The molecule has 8 heteroatoms. The Bertz CT molecular complexity index is 1290. The number of carbonyl (C=O) groups excluding carboxylic acids is 2. The number of ether oxygens (including phenoxy) is 1. The first-order chi connectivity index (χ1) is 15.4. The highest BCUT2D eigenvalue weighted by atomic mass is 35.5. The van der Waals surface area contributed by atoms with Crippen molar-refractivity contribution >= 4 is 40.1 Å². The summed E-state index contributed by atoms with van der Waals surface area (Å²) >= 11 is 6.41. The molecular formula is C24H21ClN4O3. The molecule has 0 aliphatic rings. The Kier molecular flexibility index (Phi) is 6.18. The summed E-state index contributed by atoms with van der Waals surface area (Å²) in [6, 6.07) is 17.0. The first kappa shape index (κ1) is 21.5. The van der Waals surface area contributed by atoms with Gasteiger partial charge in [-0.2, -0.15) is 5.10 Å². The number of nitrogens with zero attached hydrogens (tertiary/aromatic N) is 3. The van der Waals surface area contributed by atoms with E-state index in [1.54, 1.807) is 36.0 Å². The molecule has 7 nitrogen and oxygen atoms in total. The predicted octanol–water partition coefficient (Wildman–Crippen LogP) is 4.55. The Morgan fingerprint density at radius 1 is 1.06 bits per heavy atom. The summed E-state index contributed by atoms with van der Waals surface area (Å²) in [6.07, 6.45) is 1.68. The van der Waals surface area contributed by atoms with E-state index >= 15 is 0 Å². The number of anilines is 1. The van der Waals surface area contributed by atoms with E-state index < -0.39 is 18.5 Å². The SMILES string of the molecule is Cc1ccc(Cn2nc(C)c(C(=O)OCC(=O)Nc3cccc4ncccc34)c2Cl)cc1. The van der Waals surface area contributed by atoms with E-state index in [4.69, 9.17) is 16.3 Å². The number of aryl methyl sites for hydroxylation is 2. The molecule has 0 aliphatic carbocycles. The van der Waals surface area contributed by atoms with Crippen LogP contribution in [0.3, 0.4) is 0 Å². The summed E-state index contributed by atoms with van der Waals surface area (Å²) in [6.45, 7) is 3.66. The monoisotopic (exact) mass is 448 g/mol. The standard InChI is InChI=1S/C24H21ClN4O3/c1-15-8-10-17(11-9-15)13-29-23(25)22(16(2)28-29)24(31)32-14-21(30)27-20-7-3-6-19-18(20)5-4-12-26-19/h3-12H,13-14H2,1-2H3,(H,27,30). The van der Waals surface area contributed by atoms with Crippen molar-refractivity contribution in [2.75, 3.05) is 11.9 Å². The molecule has 32 heavy (non-hydrogen) atoms. The summed E-state index contributed by atoms with van der Waals surface area (Å²) in [5, 5.41) is 8.08. The molecule has 162 valence electrons. The van der Waals surface area contributed by atoms with Crippen LogP contribution in [0, 0.1) is 13.8 Å². The van der Waals surface area contributed by atoms with E-state index in [9.17, 15) is 9.59 Å². The average Bonchev–Trinajstić information content (AvgIpc) is 3.06. The number of benzene rings is 2. The van der Waals surface area contributed by atoms with Crippen LogP contribution < -0.4 is 5.32 Å². The highest BCUT2D eigenvalue weighted by molar-refractivity contribution is 6.32. The molecule has 1 amide bonds.